The van der Waals surface area contributed by atoms with E-state index in [9.17, 15) is 18.8 Å². The molecule has 0 aromatic heterocycles. The fraction of sp³-hybridized carbons (Fsp3) is 0.308. The van der Waals surface area contributed by atoms with Crippen molar-refractivity contribution in [2.24, 2.45) is 28.8 Å². The van der Waals surface area contributed by atoms with Crippen molar-refractivity contribution in [1.82, 2.24) is 5.01 Å². The third kappa shape index (κ3) is 4.41. The Kier molecular flexibility index (Phi) is 6.61. The van der Waals surface area contributed by atoms with Gasteiger partial charge in [0, 0.05) is 0 Å². The fourth-order valence-corrected chi connectivity index (χ4v) is 5.65. The molecule has 2 bridgehead atoms. The van der Waals surface area contributed by atoms with Gasteiger partial charge in [-0.2, -0.15) is 10.1 Å². The molecule has 2 aromatic carbocycles. The number of halogens is 2. The number of nitrogens with one attached hydrogen (secondary N) is 1. The van der Waals surface area contributed by atoms with Crippen molar-refractivity contribution < 1.29 is 28.2 Å². The summed E-state index contributed by atoms with van der Waals surface area (Å²) in [5.74, 6) is -1.40. The van der Waals surface area contributed by atoms with E-state index in [1.807, 2.05) is 12.2 Å². The molecule has 0 unspecified atom stereocenters. The Hall–Kier alpha value is -3.53. The SMILES string of the molecule is CCOc1cc(C=NN2C(=O)[C@@H]3[C@H](C2=O)[C@H]2C=C[C@H]3C2)cc(Br)c1OCC(=O)Nc1ccccc1F. The van der Waals surface area contributed by atoms with Gasteiger partial charge < -0.3 is 14.8 Å². The number of fused-ring (bicyclic) bond motifs is 5. The van der Waals surface area contributed by atoms with E-state index in [0.717, 1.165) is 11.4 Å². The highest BCUT2D eigenvalue weighted by Crippen LogP contribution is 2.52. The second-order valence-electron chi connectivity index (χ2n) is 8.81. The zero-order valence-electron chi connectivity index (χ0n) is 19.3. The summed E-state index contributed by atoms with van der Waals surface area (Å²) in [6.45, 7) is 1.75. The Balaban J connectivity index is 1.29. The Morgan fingerprint density at radius 1 is 1.17 bits per heavy atom. The average molecular weight is 556 g/mol. The molecular formula is C26H23BrFN3O5. The molecule has 0 spiro atoms. The molecule has 8 nitrogen and oxygen atoms in total. The quantitative estimate of drug-likeness (QED) is 0.300. The van der Waals surface area contributed by atoms with Gasteiger partial charge in [-0.05, 0) is 70.9 Å². The van der Waals surface area contributed by atoms with Gasteiger partial charge in [0.1, 0.15) is 5.82 Å². The topological polar surface area (TPSA) is 97.3 Å². The number of benzene rings is 2. The number of carbonyl (C=O) groups is 3. The number of hydrogen-bond donors (Lipinski definition) is 1. The molecule has 186 valence electrons. The summed E-state index contributed by atoms with van der Waals surface area (Å²) in [5, 5.41) is 7.64. The fourth-order valence-electron chi connectivity index (χ4n) is 5.08. The molecule has 3 aliphatic rings. The van der Waals surface area contributed by atoms with Crippen molar-refractivity contribution in [2.45, 2.75) is 13.3 Å². The summed E-state index contributed by atoms with van der Waals surface area (Å²) in [6.07, 6.45) is 6.35. The summed E-state index contributed by atoms with van der Waals surface area (Å²) in [4.78, 5) is 38.0. The second-order valence-corrected chi connectivity index (χ2v) is 9.67. The highest BCUT2D eigenvalue weighted by atomic mass is 79.9. The van der Waals surface area contributed by atoms with Gasteiger partial charge in [0.05, 0.1) is 34.8 Å². The van der Waals surface area contributed by atoms with Crippen molar-refractivity contribution in [3.63, 3.8) is 0 Å². The minimum absolute atomic E-state index is 0.0562. The van der Waals surface area contributed by atoms with Crippen molar-refractivity contribution >= 4 is 45.6 Å². The van der Waals surface area contributed by atoms with E-state index in [-0.39, 0.29) is 53.5 Å². The van der Waals surface area contributed by atoms with Gasteiger partial charge >= 0.3 is 0 Å². The first-order chi connectivity index (χ1) is 17.4. The number of hydrogen-bond acceptors (Lipinski definition) is 6. The highest BCUT2D eigenvalue weighted by Gasteiger charge is 2.59. The molecule has 2 aromatic rings. The Morgan fingerprint density at radius 2 is 1.86 bits per heavy atom. The zero-order chi connectivity index (χ0) is 25.4. The van der Waals surface area contributed by atoms with Crippen LogP contribution < -0.4 is 14.8 Å². The van der Waals surface area contributed by atoms with Crippen molar-refractivity contribution in [2.75, 3.05) is 18.5 Å². The van der Waals surface area contributed by atoms with Crippen LogP contribution >= 0.6 is 15.9 Å². The van der Waals surface area contributed by atoms with Crippen LogP contribution in [0.5, 0.6) is 11.5 Å². The number of rotatable bonds is 8. The second kappa shape index (κ2) is 9.85. The number of carbonyl (C=O) groups excluding carboxylic acids is 3. The molecule has 2 fully saturated rings. The van der Waals surface area contributed by atoms with Crippen LogP contribution in [0.3, 0.4) is 0 Å². The van der Waals surface area contributed by atoms with Gasteiger partial charge in [-0.15, -0.1) is 0 Å². The molecule has 3 amide bonds. The van der Waals surface area contributed by atoms with Gasteiger partial charge in [0.25, 0.3) is 17.7 Å². The molecule has 0 radical (unpaired) electrons. The molecular weight excluding hydrogens is 533 g/mol. The first-order valence-electron chi connectivity index (χ1n) is 11.6. The molecule has 1 saturated carbocycles. The maximum absolute atomic E-state index is 13.8. The van der Waals surface area contributed by atoms with Crippen LogP contribution in [0.15, 0.2) is 58.1 Å². The smallest absolute Gasteiger partial charge is 0.262 e. The van der Waals surface area contributed by atoms with E-state index < -0.39 is 11.7 Å². The van der Waals surface area contributed by atoms with Gasteiger partial charge in [-0.25, -0.2) is 4.39 Å². The lowest BCUT2D eigenvalue weighted by Gasteiger charge is -2.15. The molecule has 2 aliphatic carbocycles. The lowest BCUT2D eigenvalue weighted by Crippen LogP contribution is -2.28. The van der Waals surface area contributed by atoms with Crippen LogP contribution in [0.4, 0.5) is 10.1 Å². The Labute approximate surface area is 215 Å². The molecule has 10 heteroatoms. The number of hydrazone groups is 1. The minimum Gasteiger partial charge on any atom is -0.490 e. The average Bonchev–Trinajstić information content (AvgIpc) is 3.53. The zero-order valence-corrected chi connectivity index (χ0v) is 20.9. The van der Waals surface area contributed by atoms with Gasteiger partial charge in [-0.1, -0.05) is 24.3 Å². The molecule has 1 heterocycles. The third-order valence-electron chi connectivity index (χ3n) is 6.60. The number of anilines is 1. The number of amides is 3. The normalized spacial score (nSPS) is 24.0. The highest BCUT2D eigenvalue weighted by molar-refractivity contribution is 9.10. The van der Waals surface area contributed by atoms with Crippen LogP contribution in [0.2, 0.25) is 0 Å². The number of imide groups is 1. The first kappa shape index (κ1) is 24.2. The van der Waals surface area contributed by atoms with Crippen LogP contribution in [0, 0.1) is 29.5 Å². The van der Waals surface area contributed by atoms with E-state index in [2.05, 4.69) is 26.3 Å². The standard InChI is InChI=1S/C26H23BrFN3O5/c1-2-35-20-10-14(12-29-31-25(33)22-15-7-8-16(11-15)23(22)26(31)34)9-17(27)24(20)36-13-21(32)30-19-6-4-3-5-18(19)28/h3-10,12,15-16,22-23H,2,11,13H2,1H3,(H,30,32)/t15-,16-,22-,23+/m0/s1. The summed E-state index contributed by atoms with van der Waals surface area (Å²) >= 11 is 3.42. The van der Waals surface area contributed by atoms with Crippen LogP contribution in [-0.2, 0) is 14.4 Å². The molecule has 1 saturated heterocycles. The molecule has 1 aliphatic heterocycles. The van der Waals surface area contributed by atoms with Crippen molar-refractivity contribution in [3.05, 3.63) is 64.4 Å². The molecule has 1 N–H and O–H groups in total. The van der Waals surface area contributed by atoms with E-state index in [1.54, 1.807) is 25.1 Å². The van der Waals surface area contributed by atoms with E-state index >= 15 is 0 Å². The Bertz CT molecular complexity index is 1270. The predicted octanol–water partition coefficient (Wildman–Crippen LogP) is 4.15. The molecule has 36 heavy (non-hydrogen) atoms. The van der Waals surface area contributed by atoms with Crippen molar-refractivity contribution in [3.8, 4) is 11.5 Å². The van der Waals surface area contributed by atoms with Crippen LogP contribution in [0.25, 0.3) is 0 Å². The molecule has 5 rings (SSSR count). The number of para-hydroxylation sites is 1. The van der Waals surface area contributed by atoms with Crippen LogP contribution in [0.1, 0.15) is 18.9 Å². The van der Waals surface area contributed by atoms with Crippen LogP contribution in [-0.4, -0.2) is 42.2 Å². The third-order valence-corrected chi connectivity index (χ3v) is 7.19. The Morgan fingerprint density at radius 3 is 2.53 bits per heavy atom. The molecule has 4 atom stereocenters. The van der Waals surface area contributed by atoms with Gasteiger partial charge in [0.15, 0.2) is 18.1 Å². The number of allylic oxidation sites excluding steroid dienone is 2. The van der Waals surface area contributed by atoms with E-state index in [0.29, 0.717) is 22.4 Å². The number of nitrogens with zero attached hydrogens (tertiary/aromatic N) is 2. The number of ether oxygens (including phenoxy) is 2. The monoisotopic (exact) mass is 555 g/mol. The largest absolute Gasteiger partial charge is 0.490 e. The van der Waals surface area contributed by atoms with Crippen molar-refractivity contribution in [1.29, 1.82) is 0 Å². The summed E-state index contributed by atoms with van der Waals surface area (Å²) in [6, 6.07) is 9.15. The summed E-state index contributed by atoms with van der Waals surface area (Å²) < 4.78 is 25.6. The first-order valence-corrected chi connectivity index (χ1v) is 12.4. The maximum atomic E-state index is 13.8. The summed E-state index contributed by atoms with van der Waals surface area (Å²) in [5.41, 5.74) is 0.618. The predicted molar refractivity (Wildman–Crippen MR) is 133 cm³/mol. The van der Waals surface area contributed by atoms with Gasteiger partial charge in [0.2, 0.25) is 0 Å². The lowest BCUT2D eigenvalue weighted by atomic mass is 9.85. The van der Waals surface area contributed by atoms with E-state index in [1.165, 1.54) is 24.4 Å². The maximum Gasteiger partial charge on any atom is 0.262 e. The van der Waals surface area contributed by atoms with Gasteiger partial charge in [-0.3, -0.25) is 14.4 Å². The minimum atomic E-state index is -0.548. The summed E-state index contributed by atoms with van der Waals surface area (Å²) in [7, 11) is 0. The van der Waals surface area contributed by atoms with E-state index in [4.69, 9.17) is 9.47 Å². The lowest BCUT2D eigenvalue weighted by molar-refractivity contribution is -0.140.